The molecule has 0 aromatic heterocycles. The van der Waals surface area contributed by atoms with Crippen molar-refractivity contribution < 1.29 is 8.42 Å². The van der Waals surface area contributed by atoms with Gasteiger partial charge >= 0.3 is 0 Å². The first-order valence-electron chi connectivity index (χ1n) is 4.82. The lowest BCUT2D eigenvalue weighted by Crippen LogP contribution is -2.24. The highest BCUT2D eigenvalue weighted by Crippen LogP contribution is 2.06. The summed E-state index contributed by atoms with van der Waals surface area (Å²) in [6, 6.07) is 8.37. The Morgan fingerprint density at radius 2 is 1.93 bits per heavy atom. The van der Waals surface area contributed by atoms with Crippen molar-refractivity contribution in [2.24, 2.45) is 0 Å². The van der Waals surface area contributed by atoms with E-state index >= 15 is 0 Å². The lowest BCUT2D eigenvalue weighted by molar-refractivity contribution is 0.582. The molecule has 0 unspecified atom stereocenters. The van der Waals surface area contributed by atoms with Crippen LogP contribution in [0.2, 0.25) is 0 Å². The van der Waals surface area contributed by atoms with Crippen LogP contribution in [0.25, 0.3) is 0 Å². The molecular formula is C11H15NO2S. The standard InChI is InChI=1S/C11H15NO2S/c1-2-3-7-10-12-15(13,14)11-8-5-4-6-9-11/h2-6,8-9,12H,7,10H2,1H3/b3-2+. The van der Waals surface area contributed by atoms with Crippen LogP contribution in [0.1, 0.15) is 13.3 Å². The predicted molar refractivity (Wildman–Crippen MR) is 61.1 cm³/mol. The van der Waals surface area contributed by atoms with E-state index < -0.39 is 10.0 Å². The summed E-state index contributed by atoms with van der Waals surface area (Å²) in [5, 5.41) is 0. The lowest BCUT2D eigenvalue weighted by Gasteiger charge is -2.04. The smallest absolute Gasteiger partial charge is 0.211 e. The molecule has 1 aromatic carbocycles. The van der Waals surface area contributed by atoms with Crippen LogP contribution in [-0.2, 0) is 10.0 Å². The fourth-order valence-electron chi connectivity index (χ4n) is 1.13. The molecule has 0 radical (unpaired) electrons. The molecule has 3 nitrogen and oxygen atoms in total. The maximum absolute atomic E-state index is 11.7. The third kappa shape index (κ3) is 3.85. The Balaban J connectivity index is 2.61. The average molecular weight is 225 g/mol. The Morgan fingerprint density at radius 1 is 1.27 bits per heavy atom. The van der Waals surface area contributed by atoms with Crippen molar-refractivity contribution in [3.63, 3.8) is 0 Å². The number of hydrogen-bond acceptors (Lipinski definition) is 2. The van der Waals surface area contributed by atoms with E-state index in [1.54, 1.807) is 30.3 Å². The topological polar surface area (TPSA) is 46.2 Å². The largest absolute Gasteiger partial charge is 0.240 e. The summed E-state index contributed by atoms with van der Waals surface area (Å²) in [5.74, 6) is 0. The Labute approximate surface area is 90.9 Å². The maximum Gasteiger partial charge on any atom is 0.240 e. The lowest BCUT2D eigenvalue weighted by atomic mass is 10.4. The summed E-state index contributed by atoms with van der Waals surface area (Å²) >= 11 is 0. The van der Waals surface area contributed by atoms with Gasteiger partial charge in [0.1, 0.15) is 0 Å². The fourth-order valence-corrected chi connectivity index (χ4v) is 2.19. The van der Waals surface area contributed by atoms with Crippen molar-refractivity contribution in [1.82, 2.24) is 4.72 Å². The van der Waals surface area contributed by atoms with Crippen LogP contribution >= 0.6 is 0 Å². The third-order valence-corrected chi connectivity index (χ3v) is 3.37. The van der Waals surface area contributed by atoms with Gasteiger partial charge in [-0.3, -0.25) is 0 Å². The van der Waals surface area contributed by atoms with Crippen molar-refractivity contribution in [3.05, 3.63) is 42.5 Å². The molecule has 82 valence electrons. The summed E-state index contributed by atoms with van der Waals surface area (Å²) in [5.41, 5.74) is 0. The first kappa shape index (κ1) is 11.9. The summed E-state index contributed by atoms with van der Waals surface area (Å²) < 4.78 is 25.9. The Morgan fingerprint density at radius 3 is 2.53 bits per heavy atom. The minimum Gasteiger partial charge on any atom is -0.211 e. The van der Waals surface area contributed by atoms with Crippen LogP contribution in [0, 0.1) is 0 Å². The number of hydrogen-bond donors (Lipinski definition) is 1. The van der Waals surface area contributed by atoms with Crippen LogP contribution in [-0.4, -0.2) is 15.0 Å². The average Bonchev–Trinajstić information content (AvgIpc) is 2.26. The number of benzene rings is 1. The first-order chi connectivity index (χ1) is 7.17. The molecule has 0 atom stereocenters. The second-order valence-electron chi connectivity index (χ2n) is 3.07. The van der Waals surface area contributed by atoms with E-state index in [2.05, 4.69) is 4.72 Å². The van der Waals surface area contributed by atoms with E-state index in [0.717, 1.165) is 0 Å². The molecule has 0 saturated carbocycles. The van der Waals surface area contributed by atoms with Gasteiger partial charge < -0.3 is 0 Å². The quantitative estimate of drug-likeness (QED) is 0.615. The highest BCUT2D eigenvalue weighted by atomic mass is 32.2. The minimum atomic E-state index is -3.32. The van der Waals surface area contributed by atoms with E-state index in [1.807, 2.05) is 19.1 Å². The van der Waals surface area contributed by atoms with E-state index in [-0.39, 0.29) is 0 Å². The van der Waals surface area contributed by atoms with Crippen molar-refractivity contribution in [2.45, 2.75) is 18.2 Å². The van der Waals surface area contributed by atoms with Crippen molar-refractivity contribution in [3.8, 4) is 0 Å². The van der Waals surface area contributed by atoms with E-state index in [0.29, 0.717) is 17.9 Å². The summed E-state index contributed by atoms with van der Waals surface area (Å²) in [6.45, 7) is 2.34. The van der Waals surface area contributed by atoms with Crippen LogP contribution in [0.15, 0.2) is 47.4 Å². The molecular weight excluding hydrogens is 210 g/mol. The summed E-state index contributed by atoms with van der Waals surface area (Å²) in [4.78, 5) is 0.311. The zero-order valence-electron chi connectivity index (χ0n) is 8.68. The van der Waals surface area contributed by atoms with Gasteiger partial charge in [0, 0.05) is 6.54 Å². The molecule has 0 fully saturated rings. The SMILES string of the molecule is C/C=C/CCNS(=O)(=O)c1ccccc1. The number of allylic oxidation sites excluding steroid dienone is 1. The van der Waals surface area contributed by atoms with Gasteiger partial charge in [0.05, 0.1) is 4.90 Å². The molecule has 15 heavy (non-hydrogen) atoms. The normalized spacial score (nSPS) is 12.1. The zero-order valence-corrected chi connectivity index (χ0v) is 9.50. The van der Waals surface area contributed by atoms with Crippen molar-refractivity contribution in [2.75, 3.05) is 6.54 Å². The van der Waals surface area contributed by atoms with Gasteiger partial charge in [-0.2, -0.15) is 0 Å². The van der Waals surface area contributed by atoms with Gasteiger partial charge in [0.15, 0.2) is 0 Å². The molecule has 0 heterocycles. The van der Waals surface area contributed by atoms with Gasteiger partial charge in [-0.1, -0.05) is 30.4 Å². The zero-order chi connectivity index (χ0) is 11.1. The molecule has 1 rings (SSSR count). The number of nitrogens with one attached hydrogen (secondary N) is 1. The molecule has 0 saturated heterocycles. The van der Waals surface area contributed by atoms with Crippen molar-refractivity contribution in [1.29, 1.82) is 0 Å². The molecule has 0 bridgehead atoms. The Kier molecular flexibility index (Phi) is 4.52. The molecule has 0 aliphatic carbocycles. The highest BCUT2D eigenvalue weighted by Gasteiger charge is 2.11. The molecule has 1 aromatic rings. The van der Waals surface area contributed by atoms with Crippen LogP contribution < -0.4 is 4.72 Å². The van der Waals surface area contributed by atoms with Gasteiger partial charge in [-0.05, 0) is 25.5 Å². The van der Waals surface area contributed by atoms with Gasteiger partial charge in [0.25, 0.3) is 0 Å². The number of rotatable bonds is 5. The van der Waals surface area contributed by atoms with Gasteiger partial charge in [-0.15, -0.1) is 0 Å². The Bertz CT molecular complexity index is 409. The predicted octanol–water partition coefficient (Wildman–Crippen LogP) is 1.93. The second kappa shape index (κ2) is 5.68. The van der Waals surface area contributed by atoms with E-state index in [9.17, 15) is 8.42 Å². The van der Waals surface area contributed by atoms with Crippen LogP contribution in [0.4, 0.5) is 0 Å². The molecule has 1 N–H and O–H groups in total. The molecule has 0 aliphatic rings. The van der Waals surface area contributed by atoms with E-state index in [1.165, 1.54) is 0 Å². The monoisotopic (exact) mass is 225 g/mol. The van der Waals surface area contributed by atoms with Crippen LogP contribution in [0.3, 0.4) is 0 Å². The molecule has 0 aliphatic heterocycles. The minimum absolute atomic E-state index is 0.311. The Hall–Kier alpha value is -1.13. The highest BCUT2D eigenvalue weighted by molar-refractivity contribution is 7.89. The summed E-state index contributed by atoms with van der Waals surface area (Å²) in [7, 11) is -3.32. The molecule has 0 amide bonds. The van der Waals surface area contributed by atoms with Gasteiger partial charge in [0.2, 0.25) is 10.0 Å². The third-order valence-electron chi connectivity index (χ3n) is 1.89. The van der Waals surface area contributed by atoms with E-state index in [4.69, 9.17) is 0 Å². The summed E-state index contributed by atoms with van der Waals surface area (Å²) in [6.07, 6.45) is 4.53. The maximum atomic E-state index is 11.7. The fraction of sp³-hybridized carbons (Fsp3) is 0.273. The molecule has 0 spiro atoms. The van der Waals surface area contributed by atoms with Gasteiger partial charge in [-0.25, -0.2) is 13.1 Å². The van der Waals surface area contributed by atoms with Crippen molar-refractivity contribution >= 4 is 10.0 Å². The van der Waals surface area contributed by atoms with Crippen LogP contribution in [0.5, 0.6) is 0 Å². The second-order valence-corrected chi connectivity index (χ2v) is 4.84. The number of sulfonamides is 1. The first-order valence-corrected chi connectivity index (χ1v) is 6.31. The molecule has 4 heteroatoms.